The zero-order valence-electron chi connectivity index (χ0n) is 14.4. The van der Waals surface area contributed by atoms with Gasteiger partial charge in [-0.2, -0.15) is 9.94 Å². The summed E-state index contributed by atoms with van der Waals surface area (Å²) in [5, 5.41) is 18.1. The molecule has 0 saturated carbocycles. The fourth-order valence-electron chi connectivity index (χ4n) is 2.27. The van der Waals surface area contributed by atoms with E-state index in [9.17, 15) is 18.8 Å². The first-order chi connectivity index (χ1) is 13.7. The van der Waals surface area contributed by atoms with Crippen LogP contribution in [0.3, 0.4) is 0 Å². The third-order valence-corrected chi connectivity index (χ3v) is 4.17. The van der Waals surface area contributed by atoms with Gasteiger partial charge in [0.15, 0.2) is 5.75 Å². The molecule has 0 spiro atoms. The molecule has 2 N–H and O–H groups in total. The molecule has 10 nitrogen and oxygen atoms in total. The number of benzene rings is 1. The van der Waals surface area contributed by atoms with E-state index in [4.69, 9.17) is 33.2 Å². The number of hydrogen-bond acceptors (Lipinski definition) is 7. The molecule has 1 unspecified atom stereocenters. The van der Waals surface area contributed by atoms with Crippen molar-refractivity contribution < 1.29 is 9.13 Å². The maximum absolute atomic E-state index is 13.5. The lowest BCUT2D eigenvalue weighted by molar-refractivity contribution is 0.366. The van der Waals surface area contributed by atoms with Gasteiger partial charge in [0.25, 0.3) is 11.1 Å². The summed E-state index contributed by atoms with van der Waals surface area (Å²) in [5.74, 6) is -0.265. The van der Waals surface area contributed by atoms with Gasteiger partial charge in [0, 0.05) is 6.07 Å². The second kappa shape index (κ2) is 7.86. The zero-order valence-corrected chi connectivity index (χ0v) is 15.9. The quantitative estimate of drug-likeness (QED) is 0.632. The Morgan fingerprint density at radius 2 is 1.86 bits per heavy atom. The molecule has 29 heavy (non-hydrogen) atoms. The number of nitrogens with zero attached hydrogens (tertiary/aromatic N) is 4. The summed E-state index contributed by atoms with van der Waals surface area (Å²) in [4.78, 5) is 36.9. The predicted molar refractivity (Wildman–Crippen MR) is 99.6 cm³/mol. The minimum Gasteiger partial charge on any atom is -0.434 e. The Labute approximate surface area is 170 Å². The first kappa shape index (κ1) is 20.2. The van der Waals surface area contributed by atoms with E-state index in [-0.39, 0.29) is 32.9 Å². The number of rotatable bonds is 4. The molecular formula is C16H9Cl2FN6O4. The topological polar surface area (TPSA) is 147 Å². The number of ether oxygens (including phenoxy) is 1. The molecule has 0 aliphatic rings. The highest BCUT2D eigenvalue weighted by Gasteiger charge is 2.17. The van der Waals surface area contributed by atoms with E-state index >= 15 is 0 Å². The van der Waals surface area contributed by atoms with Crippen LogP contribution in [0.1, 0.15) is 24.4 Å². The molecule has 0 aliphatic carbocycles. The molecule has 13 heteroatoms. The molecule has 0 bridgehead atoms. The van der Waals surface area contributed by atoms with E-state index in [2.05, 4.69) is 15.3 Å². The highest BCUT2D eigenvalue weighted by molar-refractivity contribution is 6.37. The smallest absolute Gasteiger partial charge is 0.349 e. The lowest BCUT2D eigenvalue weighted by Gasteiger charge is -2.12. The highest BCUT2D eigenvalue weighted by atomic mass is 35.5. The monoisotopic (exact) mass is 438 g/mol. The van der Waals surface area contributed by atoms with Gasteiger partial charge in [-0.3, -0.25) is 14.6 Å². The maximum atomic E-state index is 13.5. The molecule has 0 radical (unpaired) electrons. The zero-order chi connectivity index (χ0) is 21.3. The van der Waals surface area contributed by atoms with Crippen LogP contribution in [0.5, 0.6) is 11.6 Å². The van der Waals surface area contributed by atoms with Gasteiger partial charge in [-0.05, 0) is 19.1 Å². The summed E-state index contributed by atoms with van der Waals surface area (Å²) < 4.78 is 19.7. The number of alkyl halides is 1. The molecule has 148 valence electrons. The lowest BCUT2D eigenvalue weighted by atomic mass is 10.2. The standard InChI is InChI=1S/C16H9Cl2FN6O4/c1-6(19)8-4-12(22-23-14(8)26)29-13-9(17)2-7(3-10(13)18)25-16(28)21-15(27)11(5-20)24-25/h2-4,6H,1H3,(H,23,26)(H,21,27,28). The third kappa shape index (κ3) is 4.03. The van der Waals surface area contributed by atoms with Crippen LogP contribution >= 0.6 is 23.2 Å². The van der Waals surface area contributed by atoms with Crippen LogP contribution in [0.4, 0.5) is 4.39 Å². The van der Waals surface area contributed by atoms with Crippen LogP contribution < -0.4 is 21.5 Å². The van der Waals surface area contributed by atoms with Gasteiger partial charge in [-0.25, -0.2) is 14.3 Å². The van der Waals surface area contributed by atoms with Crippen molar-refractivity contribution in [1.29, 1.82) is 5.26 Å². The minimum atomic E-state index is -1.56. The van der Waals surface area contributed by atoms with Gasteiger partial charge >= 0.3 is 5.69 Å². The molecule has 2 aromatic heterocycles. The second-order valence-corrected chi connectivity index (χ2v) is 6.39. The van der Waals surface area contributed by atoms with E-state index < -0.39 is 28.7 Å². The molecule has 3 aromatic rings. The van der Waals surface area contributed by atoms with Crippen molar-refractivity contribution in [1.82, 2.24) is 25.0 Å². The maximum Gasteiger partial charge on any atom is 0.349 e. The molecule has 0 amide bonds. The molecule has 0 aliphatic heterocycles. The third-order valence-electron chi connectivity index (χ3n) is 3.61. The van der Waals surface area contributed by atoms with Gasteiger partial charge in [-0.15, -0.1) is 10.2 Å². The minimum absolute atomic E-state index is 0.0394. The van der Waals surface area contributed by atoms with Gasteiger partial charge < -0.3 is 4.74 Å². The number of aromatic amines is 2. The molecule has 1 atom stereocenters. The first-order valence-electron chi connectivity index (χ1n) is 7.76. The van der Waals surface area contributed by atoms with E-state index in [0.29, 0.717) is 0 Å². The number of hydrogen-bond donors (Lipinski definition) is 2. The van der Waals surface area contributed by atoms with Crippen molar-refractivity contribution in [2.75, 3.05) is 0 Å². The Kier molecular flexibility index (Phi) is 5.49. The van der Waals surface area contributed by atoms with Gasteiger partial charge in [0.1, 0.15) is 12.2 Å². The molecule has 0 saturated heterocycles. The SMILES string of the molecule is CC(F)c1cc(Oc2c(Cl)cc(-n3nc(C#N)c(=O)[nH]c3=O)cc2Cl)n[nH]c1=O. The number of H-pyrrole nitrogens is 2. The Balaban J connectivity index is 2.05. The second-order valence-electron chi connectivity index (χ2n) is 5.58. The predicted octanol–water partition coefficient (Wildman–Crippen LogP) is 2.01. The summed E-state index contributed by atoms with van der Waals surface area (Å²) in [6, 6.07) is 5.12. The van der Waals surface area contributed by atoms with Crippen LogP contribution in [-0.2, 0) is 0 Å². The molecule has 1 aromatic carbocycles. The van der Waals surface area contributed by atoms with Gasteiger partial charge in [0.05, 0.1) is 21.3 Å². The molecule has 3 rings (SSSR count). The average molecular weight is 439 g/mol. The van der Waals surface area contributed by atoms with Crippen molar-refractivity contribution >= 4 is 23.2 Å². The fourth-order valence-corrected chi connectivity index (χ4v) is 2.82. The number of halogens is 3. The molecular weight excluding hydrogens is 430 g/mol. The van der Waals surface area contributed by atoms with Crippen molar-refractivity contribution in [3.8, 4) is 23.4 Å². The molecule has 2 heterocycles. The Hall–Kier alpha value is -3.49. The largest absolute Gasteiger partial charge is 0.434 e. The molecule has 0 fully saturated rings. The number of aromatic nitrogens is 5. The van der Waals surface area contributed by atoms with Crippen LogP contribution in [0.2, 0.25) is 10.0 Å². The van der Waals surface area contributed by atoms with Gasteiger partial charge in [0.2, 0.25) is 11.6 Å². The summed E-state index contributed by atoms with van der Waals surface area (Å²) >= 11 is 12.3. The fraction of sp³-hybridized carbons (Fsp3) is 0.125. The van der Waals surface area contributed by atoms with Gasteiger partial charge in [-0.1, -0.05) is 23.2 Å². The number of nitriles is 1. The van der Waals surface area contributed by atoms with Crippen LogP contribution in [0.25, 0.3) is 5.69 Å². The van der Waals surface area contributed by atoms with Crippen LogP contribution in [-0.4, -0.2) is 25.0 Å². The van der Waals surface area contributed by atoms with E-state index in [1.165, 1.54) is 19.1 Å². The Morgan fingerprint density at radius 1 is 1.21 bits per heavy atom. The van der Waals surface area contributed by atoms with Crippen molar-refractivity contribution in [3.63, 3.8) is 0 Å². The highest BCUT2D eigenvalue weighted by Crippen LogP contribution is 2.37. The summed E-state index contributed by atoms with van der Waals surface area (Å²) in [5.41, 5.74) is -3.27. The van der Waals surface area contributed by atoms with E-state index in [1.807, 2.05) is 4.98 Å². The van der Waals surface area contributed by atoms with Crippen molar-refractivity contribution in [2.24, 2.45) is 0 Å². The Morgan fingerprint density at radius 3 is 2.45 bits per heavy atom. The van der Waals surface area contributed by atoms with Crippen molar-refractivity contribution in [3.05, 3.63) is 70.7 Å². The van der Waals surface area contributed by atoms with Crippen LogP contribution in [0.15, 0.2) is 32.6 Å². The average Bonchev–Trinajstić information content (AvgIpc) is 2.65. The first-order valence-corrected chi connectivity index (χ1v) is 8.51. The lowest BCUT2D eigenvalue weighted by Crippen LogP contribution is -2.33. The van der Waals surface area contributed by atoms with Crippen LogP contribution in [0, 0.1) is 11.3 Å². The normalized spacial score (nSPS) is 11.7. The Bertz CT molecular complexity index is 1300. The number of nitrogens with one attached hydrogen (secondary N) is 2. The van der Waals surface area contributed by atoms with Crippen molar-refractivity contribution in [2.45, 2.75) is 13.1 Å². The summed E-state index contributed by atoms with van der Waals surface area (Å²) in [6.45, 7) is 1.17. The van der Waals surface area contributed by atoms with E-state index in [0.717, 1.165) is 10.7 Å². The van der Waals surface area contributed by atoms with E-state index in [1.54, 1.807) is 6.07 Å². The summed E-state index contributed by atoms with van der Waals surface area (Å²) in [6.07, 6.45) is -1.56. The summed E-state index contributed by atoms with van der Waals surface area (Å²) in [7, 11) is 0.